The number of hydrogen-bond acceptors (Lipinski definition) is 5. The largest absolute Gasteiger partial charge is 0.444 e. The van der Waals surface area contributed by atoms with Crippen molar-refractivity contribution in [3.8, 4) is 0 Å². The zero-order chi connectivity index (χ0) is 14.0. The summed E-state index contributed by atoms with van der Waals surface area (Å²) in [6.45, 7) is 9.97. The summed E-state index contributed by atoms with van der Waals surface area (Å²) >= 11 is 0. The van der Waals surface area contributed by atoms with Crippen LogP contribution in [0.25, 0.3) is 0 Å². The van der Waals surface area contributed by atoms with Crippen LogP contribution >= 0.6 is 0 Å². The molecule has 0 aliphatic carbocycles. The zero-order valence-electron chi connectivity index (χ0n) is 11.9. The molecule has 1 aromatic rings. The highest BCUT2D eigenvalue weighted by Gasteiger charge is 2.31. The predicted octanol–water partition coefficient (Wildman–Crippen LogP) is 2.03. The number of carbonyl (C=O) groups excluding carboxylic acids is 1. The highest BCUT2D eigenvalue weighted by molar-refractivity contribution is 5.68. The summed E-state index contributed by atoms with van der Waals surface area (Å²) in [5.74, 6) is 1.44. The fraction of sp³-hybridized carbons (Fsp3) is 0.692. The molecule has 1 aromatic heterocycles. The molecular weight excluding hydrogens is 246 g/mol. The lowest BCUT2D eigenvalue weighted by molar-refractivity contribution is 0.0231. The number of nitrogens with zero attached hydrogens (tertiary/aromatic N) is 2. The lowest BCUT2D eigenvalue weighted by Gasteiger charge is -2.23. The van der Waals surface area contributed by atoms with Crippen LogP contribution in [0, 0.1) is 0 Å². The quantitative estimate of drug-likeness (QED) is 0.907. The van der Waals surface area contributed by atoms with E-state index in [1.807, 2.05) is 27.7 Å². The van der Waals surface area contributed by atoms with E-state index in [-0.39, 0.29) is 6.09 Å². The molecule has 19 heavy (non-hydrogen) atoms. The van der Waals surface area contributed by atoms with Crippen LogP contribution in [0.3, 0.4) is 0 Å². The van der Waals surface area contributed by atoms with Crippen molar-refractivity contribution >= 4 is 6.09 Å². The van der Waals surface area contributed by atoms with Gasteiger partial charge in [0, 0.05) is 0 Å². The Morgan fingerprint density at radius 3 is 2.79 bits per heavy atom. The van der Waals surface area contributed by atoms with Crippen molar-refractivity contribution in [1.82, 2.24) is 15.2 Å². The van der Waals surface area contributed by atoms with E-state index >= 15 is 0 Å². The van der Waals surface area contributed by atoms with E-state index in [0.29, 0.717) is 25.5 Å². The van der Waals surface area contributed by atoms with Crippen molar-refractivity contribution in [2.75, 3.05) is 6.54 Å². The van der Waals surface area contributed by atoms with Gasteiger partial charge in [0.25, 0.3) is 0 Å². The van der Waals surface area contributed by atoms with Gasteiger partial charge in [-0.05, 0) is 27.3 Å². The minimum atomic E-state index is -0.482. The highest BCUT2D eigenvalue weighted by Crippen LogP contribution is 2.25. The monoisotopic (exact) mass is 267 g/mol. The summed E-state index contributed by atoms with van der Waals surface area (Å²) < 4.78 is 10.9. The number of carbonyl (C=O) groups is 1. The van der Waals surface area contributed by atoms with Gasteiger partial charge in [0.15, 0.2) is 0 Å². The number of nitrogens with one attached hydrogen (secondary N) is 1. The van der Waals surface area contributed by atoms with E-state index in [1.165, 1.54) is 0 Å². The lowest BCUT2D eigenvalue weighted by Crippen LogP contribution is -2.33. The van der Waals surface area contributed by atoms with Gasteiger partial charge in [-0.15, -0.1) is 0 Å². The second-order valence-corrected chi connectivity index (χ2v) is 5.59. The molecule has 0 spiro atoms. The van der Waals surface area contributed by atoms with Gasteiger partial charge in [-0.1, -0.05) is 6.92 Å². The molecular formula is C13H21N3O3. The number of rotatable bonds is 3. The summed E-state index contributed by atoms with van der Waals surface area (Å²) in [4.78, 5) is 17.9. The molecule has 1 amide bonds. The van der Waals surface area contributed by atoms with E-state index < -0.39 is 5.60 Å². The van der Waals surface area contributed by atoms with Crippen LogP contribution in [0.4, 0.5) is 4.79 Å². The molecule has 0 saturated heterocycles. The maximum absolute atomic E-state index is 11.9. The molecule has 1 N–H and O–H groups in total. The molecule has 0 fully saturated rings. The molecule has 0 atom stereocenters. The van der Waals surface area contributed by atoms with Gasteiger partial charge < -0.3 is 14.5 Å². The van der Waals surface area contributed by atoms with Crippen molar-refractivity contribution in [2.45, 2.75) is 52.9 Å². The molecule has 6 nitrogen and oxygen atoms in total. The third kappa shape index (κ3) is 3.47. The lowest BCUT2D eigenvalue weighted by atomic mass is 10.2. The smallest absolute Gasteiger partial charge is 0.411 e. The first-order valence-electron chi connectivity index (χ1n) is 6.55. The summed E-state index contributed by atoms with van der Waals surface area (Å²) in [6.07, 6.45) is -0.325. The zero-order valence-corrected chi connectivity index (χ0v) is 11.9. The normalized spacial score (nSPS) is 14.6. The molecule has 0 unspecified atom stereocenters. The average molecular weight is 267 g/mol. The fourth-order valence-electron chi connectivity index (χ4n) is 1.86. The second kappa shape index (κ2) is 5.21. The Balaban J connectivity index is 1.94. The van der Waals surface area contributed by atoms with Crippen molar-refractivity contribution < 1.29 is 13.9 Å². The Morgan fingerprint density at radius 1 is 1.47 bits per heavy atom. The second-order valence-electron chi connectivity index (χ2n) is 5.59. The minimum absolute atomic E-state index is 0.325. The van der Waals surface area contributed by atoms with Crippen LogP contribution in [0.2, 0.25) is 0 Å². The molecule has 0 bridgehead atoms. The Morgan fingerprint density at radius 2 is 2.21 bits per heavy atom. The Kier molecular flexibility index (Phi) is 3.80. The number of fused-ring (bicyclic) bond motifs is 1. The summed E-state index contributed by atoms with van der Waals surface area (Å²) in [7, 11) is 0. The topological polar surface area (TPSA) is 67.6 Å². The molecule has 2 heterocycles. The Bertz CT molecular complexity index is 439. The van der Waals surface area contributed by atoms with E-state index in [0.717, 1.165) is 18.0 Å². The van der Waals surface area contributed by atoms with Gasteiger partial charge in [-0.3, -0.25) is 4.90 Å². The summed E-state index contributed by atoms with van der Waals surface area (Å²) in [5.41, 5.74) is 0.350. The molecule has 2 rings (SSSR count). The van der Waals surface area contributed by atoms with Gasteiger partial charge >= 0.3 is 6.09 Å². The van der Waals surface area contributed by atoms with Crippen molar-refractivity contribution in [3.05, 3.63) is 17.3 Å². The standard InChI is InChI=1S/C13H21N3O3/c1-5-14-6-11-15-9-7-16(8-10(9)18-11)12(17)19-13(2,3)4/h14H,5-8H2,1-4H3. The van der Waals surface area contributed by atoms with Crippen molar-refractivity contribution in [3.63, 3.8) is 0 Å². The van der Waals surface area contributed by atoms with Crippen LogP contribution in [-0.4, -0.2) is 28.1 Å². The van der Waals surface area contributed by atoms with Gasteiger partial charge in [0.1, 0.15) is 17.1 Å². The summed E-state index contributed by atoms with van der Waals surface area (Å²) in [6, 6.07) is 0. The third-order valence-electron chi connectivity index (χ3n) is 2.68. The maximum Gasteiger partial charge on any atom is 0.411 e. The van der Waals surface area contributed by atoms with E-state index in [4.69, 9.17) is 9.15 Å². The average Bonchev–Trinajstić information content (AvgIpc) is 2.81. The first kappa shape index (κ1) is 13.9. The van der Waals surface area contributed by atoms with Crippen LogP contribution in [0.5, 0.6) is 0 Å². The van der Waals surface area contributed by atoms with Crippen LogP contribution < -0.4 is 5.32 Å². The van der Waals surface area contributed by atoms with E-state index in [2.05, 4.69) is 10.3 Å². The first-order valence-corrected chi connectivity index (χ1v) is 6.55. The first-order chi connectivity index (χ1) is 8.89. The van der Waals surface area contributed by atoms with Crippen LogP contribution in [0.15, 0.2) is 4.42 Å². The predicted molar refractivity (Wildman–Crippen MR) is 69.4 cm³/mol. The number of ether oxygens (including phenoxy) is 1. The Labute approximate surface area is 113 Å². The third-order valence-corrected chi connectivity index (χ3v) is 2.68. The molecule has 6 heteroatoms. The summed E-state index contributed by atoms with van der Waals surface area (Å²) in [5, 5.41) is 3.16. The van der Waals surface area contributed by atoms with Gasteiger partial charge in [0.05, 0.1) is 19.6 Å². The van der Waals surface area contributed by atoms with Gasteiger partial charge in [0.2, 0.25) is 5.89 Å². The molecule has 1 aliphatic heterocycles. The van der Waals surface area contributed by atoms with Gasteiger partial charge in [-0.2, -0.15) is 0 Å². The van der Waals surface area contributed by atoms with Crippen LogP contribution in [0.1, 0.15) is 45.0 Å². The molecule has 0 saturated carbocycles. The number of oxazole rings is 1. The molecule has 1 aliphatic rings. The van der Waals surface area contributed by atoms with Crippen molar-refractivity contribution in [1.29, 1.82) is 0 Å². The van der Waals surface area contributed by atoms with E-state index in [1.54, 1.807) is 4.90 Å². The number of hydrogen-bond donors (Lipinski definition) is 1. The maximum atomic E-state index is 11.9. The molecule has 0 radical (unpaired) electrons. The van der Waals surface area contributed by atoms with E-state index in [9.17, 15) is 4.79 Å². The SMILES string of the molecule is CCNCc1nc2c(o1)CN(C(=O)OC(C)(C)C)C2. The number of aromatic nitrogens is 1. The van der Waals surface area contributed by atoms with Crippen LogP contribution in [-0.2, 0) is 24.4 Å². The van der Waals surface area contributed by atoms with Crippen molar-refractivity contribution in [2.24, 2.45) is 0 Å². The molecule has 106 valence electrons. The molecule has 0 aromatic carbocycles. The highest BCUT2D eigenvalue weighted by atomic mass is 16.6. The minimum Gasteiger partial charge on any atom is -0.444 e. The fourth-order valence-corrected chi connectivity index (χ4v) is 1.86. The Hall–Kier alpha value is -1.56. The van der Waals surface area contributed by atoms with Gasteiger partial charge in [-0.25, -0.2) is 9.78 Å². The number of amides is 1.